The molecule has 0 atom stereocenters. The number of rotatable bonds is 12. The van der Waals surface area contributed by atoms with Crippen LogP contribution in [-0.4, -0.2) is 83.7 Å². The molecule has 85 heavy (non-hydrogen) atoms. The van der Waals surface area contributed by atoms with E-state index >= 15 is 0 Å². The minimum atomic E-state index is -1.27. The van der Waals surface area contributed by atoms with Gasteiger partial charge in [0.05, 0.1) is 92.2 Å². The molecule has 12 aromatic rings. The van der Waals surface area contributed by atoms with Gasteiger partial charge in [0.15, 0.2) is 0 Å². The number of carboxylic acid groups (broad SMARTS) is 4. The van der Waals surface area contributed by atoms with E-state index in [1.54, 1.807) is 171 Å². The Morgan fingerprint density at radius 1 is 0.212 bits per heavy atom. The number of carbonyl (C=O) groups excluding carboxylic acids is 4. The van der Waals surface area contributed by atoms with E-state index in [0.29, 0.717) is 90.6 Å². The van der Waals surface area contributed by atoms with Crippen molar-refractivity contribution in [2.75, 3.05) is 0 Å². The summed E-state index contributed by atoms with van der Waals surface area (Å²) in [6.45, 7) is 0. The van der Waals surface area contributed by atoms with Crippen LogP contribution in [0.3, 0.4) is 0 Å². The smallest absolute Gasteiger partial charge is 0.545 e. The SMILES string of the molecule is O=C([O-])c1ccnc(-c2ccccn2)c1-c1ccccn1.O=C([O-])c1ccnc(-c2ccccn2)c1-c1ccccn1.O=C([O-])c1ccnc(-c2ccccn2)c1-c1ccccn1.O=C([O-])c1ccnc(-c2ccccn2)c1-c1ccccn1.[Ru+4]. The summed E-state index contributed by atoms with van der Waals surface area (Å²) in [7, 11) is 0. The van der Waals surface area contributed by atoms with Crippen molar-refractivity contribution >= 4 is 23.9 Å². The van der Waals surface area contributed by atoms with E-state index < -0.39 is 23.9 Å². The molecule has 0 unspecified atom stereocenters. The topological polar surface area (TPSA) is 315 Å². The van der Waals surface area contributed by atoms with Crippen LogP contribution in [0.1, 0.15) is 41.4 Å². The average molecular weight is 1210 g/mol. The van der Waals surface area contributed by atoms with Crippen molar-refractivity contribution in [2.45, 2.75) is 0 Å². The van der Waals surface area contributed by atoms with E-state index in [1.165, 1.54) is 49.1 Å². The van der Waals surface area contributed by atoms with Gasteiger partial charge in [0.1, 0.15) is 0 Å². The molecule has 0 aliphatic rings. The largest absolute Gasteiger partial charge is 4.00 e. The first-order valence-electron chi connectivity index (χ1n) is 25.2. The molecule has 0 saturated heterocycles. The van der Waals surface area contributed by atoms with Crippen LogP contribution in [0.4, 0.5) is 0 Å². The molecule has 0 radical (unpaired) electrons. The molecule has 21 heteroatoms. The third-order valence-corrected chi connectivity index (χ3v) is 12.0. The molecule has 0 spiro atoms. The van der Waals surface area contributed by atoms with Gasteiger partial charge in [-0.1, -0.05) is 48.5 Å². The minimum Gasteiger partial charge on any atom is -0.545 e. The van der Waals surface area contributed by atoms with Gasteiger partial charge in [-0.2, -0.15) is 0 Å². The second-order valence-electron chi connectivity index (χ2n) is 17.2. The Hall–Kier alpha value is -11.7. The van der Waals surface area contributed by atoms with Gasteiger partial charge in [-0.05, 0) is 121 Å². The third-order valence-electron chi connectivity index (χ3n) is 12.0. The third kappa shape index (κ3) is 14.6. The zero-order valence-corrected chi connectivity index (χ0v) is 45.8. The molecular weight excluding hydrogens is 1170 g/mol. The molecule has 0 fully saturated rings. The Balaban J connectivity index is 0.000000147. The van der Waals surface area contributed by atoms with Crippen LogP contribution in [0.25, 0.3) is 90.6 Å². The summed E-state index contributed by atoms with van der Waals surface area (Å²) < 4.78 is 0. The van der Waals surface area contributed by atoms with Crippen molar-refractivity contribution < 1.29 is 59.1 Å². The molecule has 12 aromatic heterocycles. The normalized spacial score (nSPS) is 10.2. The fourth-order valence-electron chi connectivity index (χ4n) is 8.40. The summed E-state index contributed by atoms with van der Waals surface area (Å²) >= 11 is 0. The van der Waals surface area contributed by atoms with Crippen LogP contribution in [0.5, 0.6) is 0 Å². The molecule has 0 aliphatic carbocycles. The summed E-state index contributed by atoms with van der Waals surface area (Å²) in [5.74, 6) is -5.07. The van der Waals surface area contributed by atoms with Crippen molar-refractivity contribution in [2.24, 2.45) is 0 Å². The van der Waals surface area contributed by atoms with Gasteiger partial charge >= 0.3 is 19.5 Å². The van der Waals surface area contributed by atoms with Crippen molar-refractivity contribution in [1.82, 2.24) is 59.8 Å². The molecule has 0 aliphatic heterocycles. The molecule has 0 aromatic carbocycles. The van der Waals surface area contributed by atoms with Crippen LogP contribution in [-0.2, 0) is 19.5 Å². The summed E-state index contributed by atoms with van der Waals surface area (Å²) in [4.78, 5) is 96.5. The number of nitrogens with zero attached hydrogens (tertiary/aromatic N) is 12. The number of pyridine rings is 12. The van der Waals surface area contributed by atoms with Crippen LogP contribution in [0.15, 0.2) is 244 Å². The van der Waals surface area contributed by atoms with Gasteiger partial charge in [0, 0.05) is 119 Å². The number of carboxylic acids is 4. The zero-order chi connectivity index (χ0) is 58.6. The van der Waals surface area contributed by atoms with Crippen molar-refractivity contribution in [3.63, 3.8) is 0 Å². The van der Waals surface area contributed by atoms with E-state index in [9.17, 15) is 39.6 Å². The second-order valence-corrected chi connectivity index (χ2v) is 17.2. The van der Waals surface area contributed by atoms with Crippen LogP contribution in [0.2, 0.25) is 0 Å². The molecule has 0 bridgehead atoms. The summed E-state index contributed by atoms with van der Waals surface area (Å²) in [6, 6.07) is 48.3. The maximum Gasteiger partial charge on any atom is 4.00 e. The van der Waals surface area contributed by atoms with Crippen molar-refractivity contribution in [3.8, 4) is 90.6 Å². The maximum absolute atomic E-state index is 11.4. The standard InChI is InChI=1S/4C16H11N3O2.Ru/c4*20-16(21)11-7-10-19-15(13-6-2-4-9-18-13)14(11)12-5-1-3-8-17-12;/h4*1-10H,(H,20,21);/q;;;;+4/p-4. The molecule has 0 N–H and O–H groups in total. The number of aromatic nitrogens is 12. The second kappa shape index (κ2) is 29.1. The first-order valence-corrected chi connectivity index (χ1v) is 25.2. The van der Waals surface area contributed by atoms with Crippen LogP contribution in [0, 0.1) is 0 Å². The van der Waals surface area contributed by atoms with Gasteiger partial charge in [0.25, 0.3) is 0 Å². The van der Waals surface area contributed by atoms with Crippen molar-refractivity contribution in [3.05, 3.63) is 266 Å². The van der Waals surface area contributed by atoms with Gasteiger partial charge in [-0.15, -0.1) is 0 Å². The Bertz CT molecular complexity index is 3650. The van der Waals surface area contributed by atoms with Gasteiger partial charge < -0.3 is 39.6 Å². The van der Waals surface area contributed by atoms with Crippen LogP contribution >= 0.6 is 0 Å². The average Bonchev–Trinajstić information content (AvgIpc) is 3.73. The monoisotopic (exact) mass is 1210 g/mol. The molecular formula is C64H40N12O8Ru. The first-order chi connectivity index (χ1) is 41.1. The van der Waals surface area contributed by atoms with E-state index in [2.05, 4.69) is 59.8 Å². The quantitative estimate of drug-likeness (QED) is 0.122. The maximum atomic E-state index is 11.4. The molecule has 0 amide bonds. The Labute approximate surface area is 497 Å². The molecule has 20 nitrogen and oxygen atoms in total. The van der Waals surface area contributed by atoms with Crippen LogP contribution < -0.4 is 20.4 Å². The summed E-state index contributed by atoms with van der Waals surface area (Å²) in [5, 5.41) is 45.6. The Kier molecular flexibility index (Phi) is 20.4. The van der Waals surface area contributed by atoms with E-state index in [0.717, 1.165) is 0 Å². The zero-order valence-electron chi connectivity index (χ0n) is 44.1. The van der Waals surface area contributed by atoms with Gasteiger partial charge in [-0.3, -0.25) is 59.8 Å². The number of carbonyl (C=O) groups is 4. The van der Waals surface area contributed by atoms with E-state index in [-0.39, 0.29) is 41.7 Å². The Morgan fingerprint density at radius 2 is 0.376 bits per heavy atom. The summed E-state index contributed by atoms with van der Waals surface area (Å²) in [6.07, 6.45) is 18.7. The number of hydrogen-bond acceptors (Lipinski definition) is 20. The van der Waals surface area contributed by atoms with E-state index in [4.69, 9.17) is 0 Å². The fourth-order valence-corrected chi connectivity index (χ4v) is 8.40. The molecule has 0 saturated carbocycles. The predicted octanol–water partition coefficient (Wildman–Crippen LogP) is 6.27. The molecule has 412 valence electrons. The molecule has 12 heterocycles. The van der Waals surface area contributed by atoms with Gasteiger partial charge in [-0.25, -0.2) is 0 Å². The number of hydrogen-bond donors (Lipinski definition) is 0. The fraction of sp³-hybridized carbons (Fsp3) is 0. The first kappa shape index (κ1) is 59.4. The number of aromatic carboxylic acids is 4. The predicted molar refractivity (Wildman–Crippen MR) is 300 cm³/mol. The van der Waals surface area contributed by atoms with E-state index in [1.807, 2.05) is 24.3 Å². The minimum absolute atomic E-state index is 0. The van der Waals surface area contributed by atoms with Crippen molar-refractivity contribution in [1.29, 1.82) is 0 Å². The Morgan fingerprint density at radius 3 is 0.518 bits per heavy atom. The molecule has 12 rings (SSSR count). The summed E-state index contributed by atoms with van der Waals surface area (Å²) in [5.41, 5.74) is 8.13. The van der Waals surface area contributed by atoms with Gasteiger partial charge in [0.2, 0.25) is 0 Å².